The van der Waals surface area contributed by atoms with Crippen LogP contribution in [0, 0.1) is 5.41 Å². The van der Waals surface area contributed by atoms with Gasteiger partial charge in [0.1, 0.15) is 0 Å². The van der Waals surface area contributed by atoms with Gasteiger partial charge in [-0.25, -0.2) is 0 Å². The van der Waals surface area contributed by atoms with Crippen molar-refractivity contribution in [3.05, 3.63) is 28.8 Å². The molecule has 3 heteroatoms. The normalized spacial score (nSPS) is 16.4. The van der Waals surface area contributed by atoms with E-state index in [2.05, 4.69) is 12.2 Å². The number of hydrogen-bond donors (Lipinski definition) is 2. The molecule has 1 aromatic carbocycles. The van der Waals surface area contributed by atoms with Gasteiger partial charge in [-0.1, -0.05) is 39.8 Å². The topological polar surface area (TPSA) is 49.3 Å². The Morgan fingerprint density at radius 1 is 1.39 bits per heavy atom. The molecule has 0 aromatic heterocycles. The molecule has 98 valence electrons. The number of hydrogen-bond acceptors (Lipinski definition) is 2. The van der Waals surface area contributed by atoms with E-state index in [0.717, 1.165) is 28.8 Å². The van der Waals surface area contributed by atoms with Crippen LogP contribution in [0.3, 0.4) is 0 Å². The highest BCUT2D eigenvalue weighted by atomic mass is 16.3. The number of aryl methyl sites for hydroxylation is 1. The van der Waals surface area contributed by atoms with E-state index >= 15 is 0 Å². The molecule has 18 heavy (non-hydrogen) atoms. The molecular formula is C15H21NO2. The quantitative estimate of drug-likeness (QED) is 0.844. The molecule has 0 radical (unpaired) electrons. The van der Waals surface area contributed by atoms with Crippen LogP contribution in [-0.4, -0.2) is 11.0 Å². The van der Waals surface area contributed by atoms with Gasteiger partial charge in [0.25, 0.3) is 0 Å². The maximum absolute atomic E-state index is 11.5. The Labute approximate surface area is 108 Å². The van der Waals surface area contributed by atoms with Crippen LogP contribution in [0.25, 0.3) is 0 Å². The van der Waals surface area contributed by atoms with E-state index in [4.69, 9.17) is 0 Å². The van der Waals surface area contributed by atoms with Crippen molar-refractivity contribution in [2.75, 3.05) is 5.32 Å². The first-order valence-electron chi connectivity index (χ1n) is 6.46. The lowest BCUT2D eigenvalue weighted by Gasteiger charge is -2.27. The summed E-state index contributed by atoms with van der Waals surface area (Å²) in [6.07, 6.45) is 0.768. The third kappa shape index (κ3) is 2.27. The fourth-order valence-electron chi connectivity index (χ4n) is 2.39. The predicted octanol–water partition coefficient (Wildman–Crippen LogP) is 2.82. The number of benzene rings is 1. The highest BCUT2D eigenvalue weighted by Crippen LogP contribution is 2.37. The number of aliphatic hydroxyl groups excluding tert-OH is 1. The summed E-state index contributed by atoms with van der Waals surface area (Å²) in [6, 6.07) is 3.97. The lowest BCUT2D eigenvalue weighted by molar-refractivity contribution is -0.115. The van der Waals surface area contributed by atoms with Crippen LogP contribution in [0.1, 0.15) is 50.5 Å². The van der Waals surface area contributed by atoms with Gasteiger partial charge in [0.15, 0.2) is 0 Å². The monoisotopic (exact) mass is 247 g/mol. The molecule has 3 nitrogen and oxygen atoms in total. The fourth-order valence-corrected chi connectivity index (χ4v) is 2.39. The molecule has 1 aliphatic rings. The summed E-state index contributed by atoms with van der Waals surface area (Å²) in [7, 11) is 0. The molecule has 0 bridgehead atoms. The summed E-state index contributed by atoms with van der Waals surface area (Å²) >= 11 is 0. The third-order valence-corrected chi connectivity index (χ3v) is 3.46. The zero-order valence-electron chi connectivity index (χ0n) is 11.5. The molecule has 1 unspecified atom stereocenters. The van der Waals surface area contributed by atoms with E-state index in [1.807, 2.05) is 32.9 Å². The van der Waals surface area contributed by atoms with Crippen LogP contribution in [-0.2, 0) is 17.6 Å². The van der Waals surface area contributed by atoms with Crippen LogP contribution in [0.4, 0.5) is 5.69 Å². The standard InChI is InChI=1S/C15H21NO2/c1-5-9-6-11(14(18)15(2,3)4)7-10-8-12(17)16-13(9)10/h6-7,14,18H,5,8H2,1-4H3,(H,16,17). The number of aliphatic hydroxyl groups is 1. The van der Waals surface area contributed by atoms with E-state index in [0.29, 0.717) is 6.42 Å². The molecule has 1 aliphatic heterocycles. The van der Waals surface area contributed by atoms with Crippen molar-refractivity contribution in [1.82, 2.24) is 0 Å². The predicted molar refractivity (Wildman–Crippen MR) is 72.6 cm³/mol. The Morgan fingerprint density at radius 2 is 2.06 bits per heavy atom. The molecule has 0 aliphatic carbocycles. The zero-order valence-corrected chi connectivity index (χ0v) is 11.5. The lowest BCUT2D eigenvalue weighted by Crippen LogP contribution is -2.18. The number of anilines is 1. The van der Waals surface area contributed by atoms with E-state index in [1.165, 1.54) is 0 Å². The summed E-state index contributed by atoms with van der Waals surface area (Å²) < 4.78 is 0. The first-order chi connectivity index (χ1) is 8.32. The molecular weight excluding hydrogens is 226 g/mol. The van der Waals surface area contributed by atoms with Crippen LogP contribution in [0.5, 0.6) is 0 Å². The second-order valence-electron chi connectivity index (χ2n) is 6.06. The van der Waals surface area contributed by atoms with Crippen molar-refractivity contribution in [3.8, 4) is 0 Å². The average Bonchev–Trinajstić information content (AvgIpc) is 2.65. The van der Waals surface area contributed by atoms with Crippen molar-refractivity contribution >= 4 is 11.6 Å². The Bertz CT molecular complexity index is 486. The second kappa shape index (κ2) is 4.39. The number of fused-ring (bicyclic) bond motifs is 1. The van der Waals surface area contributed by atoms with E-state index in [9.17, 15) is 9.90 Å². The minimum atomic E-state index is -0.510. The van der Waals surface area contributed by atoms with Gasteiger partial charge in [0, 0.05) is 5.69 Å². The summed E-state index contributed by atoms with van der Waals surface area (Å²) in [5.41, 5.74) is 3.78. The Morgan fingerprint density at radius 3 is 2.61 bits per heavy atom. The molecule has 0 saturated heterocycles. The summed E-state index contributed by atoms with van der Waals surface area (Å²) in [5, 5.41) is 13.3. The van der Waals surface area contributed by atoms with Crippen LogP contribution in [0.2, 0.25) is 0 Å². The van der Waals surface area contributed by atoms with E-state index < -0.39 is 6.10 Å². The summed E-state index contributed by atoms with van der Waals surface area (Å²) in [6.45, 7) is 8.10. The van der Waals surface area contributed by atoms with Gasteiger partial charge in [-0.3, -0.25) is 4.79 Å². The number of rotatable bonds is 2. The maximum Gasteiger partial charge on any atom is 0.228 e. The zero-order chi connectivity index (χ0) is 13.5. The van der Waals surface area contributed by atoms with Crippen molar-refractivity contribution in [1.29, 1.82) is 0 Å². The molecule has 1 aromatic rings. The first kappa shape index (κ1) is 13.1. The number of carbonyl (C=O) groups is 1. The molecule has 1 amide bonds. The van der Waals surface area contributed by atoms with Gasteiger partial charge in [0.2, 0.25) is 5.91 Å². The summed E-state index contributed by atoms with van der Waals surface area (Å²) in [4.78, 5) is 11.5. The van der Waals surface area contributed by atoms with Gasteiger partial charge in [-0.2, -0.15) is 0 Å². The molecule has 2 N–H and O–H groups in total. The van der Waals surface area contributed by atoms with Gasteiger partial charge in [0.05, 0.1) is 12.5 Å². The minimum Gasteiger partial charge on any atom is -0.388 e. The number of amides is 1. The van der Waals surface area contributed by atoms with E-state index in [-0.39, 0.29) is 11.3 Å². The molecule has 0 saturated carbocycles. The molecule has 2 rings (SSSR count). The van der Waals surface area contributed by atoms with Crippen LogP contribution in [0.15, 0.2) is 12.1 Å². The SMILES string of the molecule is CCc1cc(C(O)C(C)(C)C)cc2c1NC(=O)C2. The fraction of sp³-hybridized carbons (Fsp3) is 0.533. The average molecular weight is 247 g/mol. The van der Waals surface area contributed by atoms with Gasteiger partial charge in [-0.05, 0) is 28.5 Å². The summed E-state index contributed by atoms with van der Waals surface area (Å²) in [5.74, 6) is 0.0436. The second-order valence-corrected chi connectivity index (χ2v) is 6.06. The van der Waals surface area contributed by atoms with Crippen molar-refractivity contribution in [2.24, 2.45) is 5.41 Å². The molecule has 1 atom stereocenters. The van der Waals surface area contributed by atoms with Crippen molar-refractivity contribution < 1.29 is 9.90 Å². The van der Waals surface area contributed by atoms with E-state index in [1.54, 1.807) is 0 Å². The molecule has 0 fully saturated rings. The largest absolute Gasteiger partial charge is 0.388 e. The van der Waals surface area contributed by atoms with Crippen molar-refractivity contribution in [3.63, 3.8) is 0 Å². The van der Waals surface area contributed by atoms with Crippen molar-refractivity contribution in [2.45, 2.75) is 46.6 Å². The molecule has 1 heterocycles. The van der Waals surface area contributed by atoms with Gasteiger partial charge >= 0.3 is 0 Å². The van der Waals surface area contributed by atoms with Crippen LogP contribution >= 0.6 is 0 Å². The first-order valence-corrected chi connectivity index (χ1v) is 6.46. The Balaban J connectivity index is 2.47. The highest BCUT2D eigenvalue weighted by molar-refractivity contribution is 6.00. The maximum atomic E-state index is 11.5. The lowest BCUT2D eigenvalue weighted by atomic mass is 9.83. The van der Waals surface area contributed by atoms with Crippen LogP contribution < -0.4 is 5.32 Å². The number of carbonyl (C=O) groups excluding carboxylic acids is 1. The highest BCUT2D eigenvalue weighted by Gasteiger charge is 2.27. The van der Waals surface area contributed by atoms with Gasteiger partial charge < -0.3 is 10.4 Å². The van der Waals surface area contributed by atoms with Gasteiger partial charge in [-0.15, -0.1) is 0 Å². The Kier molecular flexibility index (Phi) is 3.20. The third-order valence-electron chi connectivity index (χ3n) is 3.46. The number of nitrogens with one attached hydrogen (secondary N) is 1. The molecule has 0 spiro atoms. The smallest absolute Gasteiger partial charge is 0.228 e. The Hall–Kier alpha value is -1.35. The minimum absolute atomic E-state index is 0.0436.